The van der Waals surface area contributed by atoms with Gasteiger partial charge in [0.2, 0.25) is 0 Å². The minimum atomic E-state index is -2.92. The molecule has 0 aliphatic carbocycles. The highest BCUT2D eigenvalue weighted by Crippen LogP contribution is 2.36. The Labute approximate surface area is 91.8 Å². The van der Waals surface area contributed by atoms with Gasteiger partial charge in [0.05, 0.1) is 17.1 Å². The summed E-state index contributed by atoms with van der Waals surface area (Å²) in [6.07, 6.45) is 1.88. The lowest BCUT2D eigenvalue weighted by atomic mass is 9.73. The minimum Gasteiger partial charge on any atom is -0.388 e. The third-order valence-electron chi connectivity index (χ3n) is 3.81. The molecule has 15 heavy (non-hydrogen) atoms. The first-order chi connectivity index (χ1) is 6.79. The van der Waals surface area contributed by atoms with Crippen molar-refractivity contribution < 1.29 is 13.5 Å². The van der Waals surface area contributed by atoms with Gasteiger partial charge in [0.25, 0.3) is 0 Å². The summed E-state index contributed by atoms with van der Waals surface area (Å²) < 4.78 is 22.6. The molecule has 0 amide bonds. The Bertz CT molecular complexity index is 306. The number of nitrogens with two attached hydrogens (primary N) is 1. The van der Waals surface area contributed by atoms with Gasteiger partial charge in [0.1, 0.15) is 9.84 Å². The smallest absolute Gasteiger partial charge is 0.150 e. The molecule has 0 saturated carbocycles. The standard InChI is InChI=1S/C10H21NO3S/c1-3-10(12,4-2)9(11)5-7-15(13,14)8-6-9/h12H,3-8,11H2,1-2H3. The molecule has 0 spiro atoms. The van der Waals surface area contributed by atoms with Crippen LogP contribution >= 0.6 is 0 Å². The highest BCUT2D eigenvalue weighted by atomic mass is 32.2. The summed E-state index contributed by atoms with van der Waals surface area (Å²) >= 11 is 0. The first kappa shape index (κ1) is 12.9. The Morgan fingerprint density at radius 2 is 1.67 bits per heavy atom. The van der Waals surface area contributed by atoms with Crippen molar-refractivity contribution in [3.8, 4) is 0 Å². The highest BCUT2D eigenvalue weighted by Gasteiger charge is 2.47. The lowest BCUT2D eigenvalue weighted by Gasteiger charge is -2.46. The van der Waals surface area contributed by atoms with Crippen LogP contribution in [0, 0.1) is 0 Å². The van der Waals surface area contributed by atoms with Crippen LogP contribution in [0.3, 0.4) is 0 Å². The van der Waals surface area contributed by atoms with E-state index in [2.05, 4.69) is 0 Å². The maximum Gasteiger partial charge on any atom is 0.150 e. The molecular formula is C10H21NO3S. The quantitative estimate of drug-likeness (QED) is 0.744. The molecule has 0 radical (unpaired) electrons. The van der Waals surface area contributed by atoms with Crippen LogP contribution in [0.15, 0.2) is 0 Å². The summed E-state index contributed by atoms with van der Waals surface area (Å²) in [5, 5.41) is 10.4. The van der Waals surface area contributed by atoms with Crippen LogP contribution in [0.1, 0.15) is 39.5 Å². The van der Waals surface area contributed by atoms with E-state index in [1.807, 2.05) is 13.8 Å². The van der Waals surface area contributed by atoms with Gasteiger partial charge in [0.15, 0.2) is 0 Å². The van der Waals surface area contributed by atoms with Gasteiger partial charge in [-0.25, -0.2) is 8.42 Å². The van der Waals surface area contributed by atoms with Crippen LogP contribution in [-0.2, 0) is 9.84 Å². The van der Waals surface area contributed by atoms with E-state index in [4.69, 9.17) is 5.73 Å². The normalized spacial score (nSPS) is 25.1. The molecule has 0 bridgehead atoms. The SMILES string of the molecule is CCC(O)(CC)C1(N)CCS(=O)(=O)CC1. The van der Waals surface area contributed by atoms with Crippen LogP contribution < -0.4 is 5.73 Å². The Morgan fingerprint density at radius 3 is 2.00 bits per heavy atom. The molecule has 0 aromatic rings. The van der Waals surface area contributed by atoms with E-state index in [9.17, 15) is 13.5 Å². The predicted octanol–water partition coefficient (Wildman–Crippen LogP) is 0.444. The number of hydrogen-bond donors (Lipinski definition) is 2. The third-order valence-corrected chi connectivity index (χ3v) is 5.47. The Morgan fingerprint density at radius 1 is 1.27 bits per heavy atom. The zero-order valence-corrected chi connectivity index (χ0v) is 10.3. The average molecular weight is 235 g/mol. The number of aliphatic hydroxyl groups is 1. The molecule has 0 aromatic heterocycles. The van der Waals surface area contributed by atoms with E-state index in [1.165, 1.54) is 0 Å². The fourth-order valence-electron chi connectivity index (χ4n) is 2.32. The van der Waals surface area contributed by atoms with Gasteiger partial charge in [0, 0.05) is 5.54 Å². The molecular weight excluding hydrogens is 214 g/mol. The van der Waals surface area contributed by atoms with Gasteiger partial charge in [-0.1, -0.05) is 13.8 Å². The van der Waals surface area contributed by atoms with Crippen molar-refractivity contribution in [3.05, 3.63) is 0 Å². The van der Waals surface area contributed by atoms with Crippen LogP contribution in [0.25, 0.3) is 0 Å². The van der Waals surface area contributed by atoms with E-state index in [0.717, 1.165) is 0 Å². The fourth-order valence-corrected chi connectivity index (χ4v) is 3.88. The number of sulfone groups is 1. The summed E-state index contributed by atoms with van der Waals surface area (Å²) in [7, 11) is -2.92. The minimum absolute atomic E-state index is 0.103. The third kappa shape index (κ3) is 2.34. The van der Waals surface area contributed by atoms with E-state index in [-0.39, 0.29) is 11.5 Å². The second-order valence-electron chi connectivity index (χ2n) is 4.55. The monoisotopic (exact) mass is 235 g/mol. The average Bonchev–Trinajstić information content (AvgIpc) is 2.21. The van der Waals surface area contributed by atoms with Crippen molar-refractivity contribution in [2.75, 3.05) is 11.5 Å². The van der Waals surface area contributed by atoms with Crippen molar-refractivity contribution in [2.24, 2.45) is 5.73 Å². The fraction of sp³-hybridized carbons (Fsp3) is 1.00. The summed E-state index contributed by atoms with van der Waals surface area (Å²) in [4.78, 5) is 0. The van der Waals surface area contributed by atoms with E-state index >= 15 is 0 Å². The summed E-state index contributed by atoms with van der Waals surface area (Å²) in [5.74, 6) is 0.206. The molecule has 0 atom stereocenters. The molecule has 1 saturated heterocycles. The predicted molar refractivity (Wildman–Crippen MR) is 60.3 cm³/mol. The van der Waals surface area contributed by atoms with Crippen LogP contribution in [0.2, 0.25) is 0 Å². The molecule has 1 rings (SSSR count). The number of hydrogen-bond acceptors (Lipinski definition) is 4. The first-order valence-corrected chi connectivity index (χ1v) is 7.32. The van der Waals surface area contributed by atoms with Gasteiger partial charge in [-0.3, -0.25) is 0 Å². The topological polar surface area (TPSA) is 80.4 Å². The summed E-state index contributed by atoms with van der Waals surface area (Å²) in [6.45, 7) is 3.78. The zero-order valence-electron chi connectivity index (χ0n) is 9.49. The van der Waals surface area contributed by atoms with E-state index in [0.29, 0.717) is 25.7 Å². The van der Waals surface area contributed by atoms with Gasteiger partial charge in [-0.15, -0.1) is 0 Å². The van der Waals surface area contributed by atoms with Crippen LogP contribution in [0.5, 0.6) is 0 Å². The Kier molecular flexibility index (Phi) is 3.48. The van der Waals surface area contributed by atoms with Crippen molar-refractivity contribution in [1.82, 2.24) is 0 Å². The molecule has 1 aliphatic rings. The van der Waals surface area contributed by atoms with Crippen molar-refractivity contribution in [2.45, 2.75) is 50.7 Å². The van der Waals surface area contributed by atoms with Gasteiger partial charge in [-0.05, 0) is 25.7 Å². The Hall–Kier alpha value is -0.130. The largest absolute Gasteiger partial charge is 0.388 e. The van der Waals surface area contributed by atoms with E-state index in [1.54, 1.807) is 0 Å². The van der Waals surface area contributed by atoms with Gasteiger partial charge >= 0.3 is 0 Å². The molecule has 3 N–H and O–H groups in total. The van der Waals surface area contributed by atoms with Crippen LogP contribution in [0.4, 0.5) is 0 Å². The summed E-state index contributed by atoms with van der Waals surface area (Å²) in [6, 6.07) is 0. The van der Waals surface area contributed by atoms with E-state index < -0.39 is 21.0 Å². The van der Waals surface area contributed by atoms with Gasteiger partial charge < -0.3 is 10.8 Å². The molecule has 4 nitrogen and oxygen atoms in total. The maximum atomic E-state index is 11.3. The van der Waals surface area contributed by atoms with Gasteiger partial charge in [-0.2, -0.15) is 0 Å². The highest BCUT2D eigenvalue weighted by molar-refractivity contribution is 7.91. The molecule has 1 heterocycles. The maximum absolute atomic E-state index is 11.3. The molecule has 90 valence electrons. The first-order valence-electron chi connectivity index (χ1n) is 5.50. The van der Waals surface area contributed by atoms with Crippen molar-refractivity contribution in [1.29, 1.82) is 0 Å². The molecule has 1 fully saturated rings. The molecule has 0 aromatic carbocycles. The molecule has 5 heteroatoms. The molecule has 0 unspecified atom stereocenters. The molecule has 1 aliphatic heterocycles. The van der Waals surface area contributed by atoms with Crippen molar-refractivity contribution in [3.63, 3.8) is 0 Å². The van der Waals surface area contributed by atoms with Crippen molar-refractivity contribution >= 4 is 9.84 Å². The Balaban J connectivity index is 2.86. The lowest BCUT2D eigenvalue weighted by molar-refractivity contribution is -0.0471. The van der Waals surface area contributed by atoms with Crippen LogP contribution in [-0.4, -0.2) is 36.2 Å². The zero-order chi connectivity index (χ0) is 11.7. The second-order valence-corrected chi connectivity index (χ2v) is 6.85. The summed E-state index contributed by atoms with van der Waals surface area (Å²) in [5.41, 5.74) is 4.50. The second kappa shape index (κ2) is 4.03. The lowest BCUT2D eigenvalue weighted by Crippen LogP contribution is -2.63. The number of rotatable bonds is 3.